The lowest BCUT2D eigenvalue weighted by Gasteiger charge is -2.06. The fourth-order valence-electron chi connectivity index (χ4n) is 1.85. The van der Waals surface area contributed by atoms with Crippen molar-refractivity contribution in [2.45, 2.75) is 13.3 Å². The monoisotopic (exact) mass is 324 g/mol. The topological polar surface area (TPSA) is 17.1 Å². The summed E-state index contributed by atoms with van der Waals surface area (Å²) in [6.07, 6.45) is 0.127. The zero-order valence-electron chi connectivity index (χ0n) is 10.2. The Bertz CT molecular complexity index is 618. The van der Waals surface area contributed by atoms with Crippen LogP contribution < -0.4 is 0 Å². The summed E-state index contributed by atoms with van der Waals surface area (Å²) < 4.78 is 26.7. The fraction of sp³-hybridized carbons (Fsp3) is 0.133. The van der Waals surface area contributed by atoms with Crippen LogP contribution in [0.5, 0.6) is 0 Å². The predicted molar refractivity (Wildman–Crippen MR) is 73.3 cm³/mol. The third kappa shape index (κ3) is 3.47. The molecule has 0 N–H and O–H groups in total. The number of aryl methyl sites for hydroxylation is 1. The van der Waals surface area contributed by atoms with Gasteiger partial charge >= 0.3 is 0 Å². The van der Waals surface area contributed by atoms with Crippen molar-refractivity contribution >= 4 is 21.7 Å². The molecule has 98 valence electrons. The smallest absolute Gasteiger partial charge is 0.167 e. The minimum absolute atomic E-state index is 0.127. The van der Waals surface area contributed by atoms with Crippen LogP contribution in [-0.2, 0) is 6.42 Å². The molecule has 0 saturated carbocycles. The van der Waals surface area contributed by atoms with Crippen molar-refractivity contribution in [1.29, 1.82) is 0 Å². The molecule has 0 saturated heterocycles. The van der Waals surface area contributed by atoms with E-state index in [1.165, 1.54) is 24.3 Å². The molecule has 0 amide bonds. The van der Waals surface area contributed by atoms with E-state index in [0.29, 0.717) is 15.6 Å². The molecule has 19 heavy (non-hydrogen) atoms. The van der Waals surface area contributed by atoms with Gasteiger partial charge in [0.15, 0.2) is 5.78 Å². The maximum Gasteiger partial charge on any atom is 0.167 e. The van der Waals surface area contributed by atoms with E-state index in [1.807, 2.05) is 0 Å². The van der Waals surface area contributed by atoms with E-state index in [0.717, 1.165) is 5.56 Å². The second-order valence-corrected chi connectivity index (χ2v) is 5.24. The Hall–Kier alpha value is -1.55. The number of carbonyl (C=O) groups excluding carboxylic acids is 1. The zero-order chi connectivity index (χ0) is 14.0. The molecule has 0 radical (unpaired) electrons. The van der Waals surface area contributed by atoms with Crippen molar-refractivity contribution in [1.82, 2.24) is 0 Å². The largest absolute Gasteiger partial charge is 0.294 e. The normalized spacial score (nSPS) is 10.5. The Kier molecular flexibility index (Phi) is 4.10. The SMILES string of the molecule is Cc1cc(F)ccc1CC(=O)c1cc(F)cc(Br)c1. The predicted octanol–water partition coefficient (Wildman–Crippen LogP) is 4.46. The van der Waals surface area contributed by atoms with Gasteiger partial charge in [0.2, 0.25) is 0 Å². The van der Waals surface area contributed by atoms with E-state index in [4.69, 9.17) is 0 Å². The van der Waals surface area contributed by atoms with Crippen LogP contribution in [0.4, 0.5) is 8.78 Å². The summed E-state index contributed by atoms with van der Waals surface area (Å²) in [6.45, 7) is 1.74. The Labute approximate surface area is 118 Å². The quantitative estimate of drug-likeness (QED) is 0.762. The van der Waals surface area contributed by atoms with Crippen LogP contribution in [0.3, 0.4) is 0 Å². The number of hydrogen-bond donors (Lipinski definition) is 0. The van der Waals surface area contributed by atoms with Crippen molar-refractivity contribution < 1.29 is 13.6 Å². The van der Waals surface area contributed by atoms with Gasteiger partial charge < -0.3 is 0 Å². The van der Waals surface area contributed by atoms with E-state index >= 15 is 0 Å². The second kappa shape index (κ2) is 5.61. The number of carbonyl (C=O) groups is 1. The number of Topliss-reactive ketones (excluding diaryl/α,β-unsaturated/α-hetero) is 1. The molecule has 0 aliphatic carbocycles. The average molecular weight is 325 g/mol. The molecule has 2 rings (SSSR count). The van der Waals surface area contributed by atoms with Crippen LogP contribution in [0, 0.1) is 18.6 Å². The third-order valence-electron chi connectivity index (χ3n) is 2.84. The van der Waals surface area contributed by atoms with Gasteiger partial charge in [0.1, 0.15) is 11.6 Å². The Morgan fingerprint density at radius 3 is 2.47 bits per heavy atom. The van der Waals surface area contributed by atoms with Crippen LogP contribution in [0.15, 0.2) is 40.9 Å². The molecule has 0 bridgehead atoms. The molecule has 0 atom stereocenters. The van der Waals surface area contributed by atoms with Gasteiger partial charge in [0.25, 0.3) is 0 Å². The van der Waals surface area contributed by atoms with Crippen LogP contribution in [0.25, 0.3) is 0 Å². The summed E-state index contributed by atoms with van der Waals surface area (Å²) in [4.78, 5) is 12.1. The summed E-state index contributed by atoms with van der Waals surface area (Å²) in [6, 6.07) is 8.34. The van der Waals surface area contributed by atoms with Crippen molar-refractivity contribution in [3.63, 3.8) is 0 Å². The molecule has 2 aromatic rings. The molecule has 0 fully saturated rings. The van der Waals surface area contributed by atoms with Gasteiger partial charge in [-0.1, -0.05) is 22.0 Å². The maximum atomic E-state index is 13.2. The zero-order valence-corrected chi connectivity index (χ0v) is 11.8. The van der Waals surface area contributed by atoms with Crippen molar-refractivity contribution in [2.75, 3.05) is 0 Å². The van der Waals surface area contributed by atoms with Crippen molar-refractivity contribution in [3.05, 3.63) is 69.2 Å². The summed E-state index contributed by atoms with van der Waals surface area (Å²) in [5.41, 5.74) is 1.76. The fourth-order valence-corrected chi connectivity index (χ4v) is 2.31. The lowest BCUT2D eigenvalue weighted by atomic mass is 9.99. The molecule has 2 aromatic carbocycles. The van der Waals surface area contributed by atoms with Crippen LogP contribution in [0.2, 0.25) is 0 Å². The van der Waals surface area contributed by atoms with Crippen LogP contribution in [-0.4, -0.2) is 5.78 Å². The van der Waals surface area contributed by atoms with Crippen molar-refractivity contribution in [3.8, 4) is 0 Å². The Balaban J connectivity index is 2.25. The number of hydrogen-bond acceptors (Lipinski definition) is 1. The minimum Gasteiger partial charge on any atom is -0.294 e. The first-order valence-electron chi connectivity index (χ1n) is 5.70. The highest BCUT2D eigenvalue weighted by atomic mass is 79.9. The van der Waals surface area contributed by atoms with E-state index in [-0.39, 0.29) is 18.0 Å². The van der Waals surface area contributed by atoms with Gasteiger partial charge in [-0.2, -0.15) is 0 Å². The third-order valence-corrected chi connectivity index (χ3v) is 3.30. The number of ketones is 1. The van der Waals surface area contributed by atoms with E-state index in [2.05, 4.69) is 15.9 Å². The highest BCUT2D eigenvalue weighted by molar-refractivity contribution is 9.10. The van der Waals surface area contributed by atoms with Gasteiger partial charge in [-0.25, -0.2) is 8.78 Å². The maximum absolute atomic E-state index is 13.2. The first kappa shape index (κ1) is 13.9. The molecule has 0 heterocycles. The van der Waals surface area contributed by atoms with E-state index in [1.54, 1.807) is 19.1 Å². The van der Waals surface area contributed by atoms with Gasteiger partial charge in [-0.05, 0) is 48.4 Å². The second-order valence-electron chi connectivity index (χ2n) is 4.33. The standard InChI is InChI=1S/C15H11BrF2O/c1-9-4-13(17)3-2-10(9)7-15(19)11-5-12(16)8-14(18)6-11/h2-6,8H,7H2,1H3. The summed E-state index contributed by atoms with van der Waals surface area (Å²) >= 11 is 3.15. The molecule has 4 heteroatoms. The van der Waals surface area contributed by atoms with Crippen LogP contribution in [0.1, 0.15) is 21.5 Å². The van der Waals surface area contributed by atoms with E-state index in [9.17, 15) is 13.6 Å². The number of halogens is 3. The summed E-state index contributed by atoms with van der Waals surface area (Å²) in [5.74, 6) is -0.995. The van der Waals surface area contributed by atoms with Crippen molar-refractivity contribution in [2.24, 2.45) is 0 Å². The lowest BCUT2D eigenvalue weighted by Crippen LogP contribution is -2.05. The first-order valence-corrected chi connectivity index (χ1v) is 6.49. The highest BCUT2D eigenvalue weighted by Gasteiger charge is 2.11. The number of rotatable bonds is 3. The molecule has 1 nitrogen and oxygen atoms in total. The molecule has 0 aliphatic heterocycles. The van der Waals surface area contributed by atoms with E-state index < -0.39 is 5.82 Å². The summed E-state index contributed by atoms with van der Waals surface area (Å²) in [7, 11) is 0. The average Bonchev–Trinajstić information content (AvgIpc) is 2.31. The Morgan fingerprint density at radius 1 is 1.11 bits per heavy atom. The molecule has 0 unspecified atom stereocenters. The van der Waals surface area contributed by atoms with Crippen LogP contribution >= 0.6 is 15.9 Å². The first-order chi connectivity index (χ1) is 8.95. The van der Waals surface area contributed by atoms with Gasteiger partial charge in [-0.3, -0.25) is 4.79 Å². The van der Waals surface area contributed by atoms with Gasteiger partial charge in [0.05, 0.1) is 0 Å². The Morgan fingerprint density at radius 2 is 1.84 bits per heavy atom. The highest BCUT2D eigenvalue weighted by Crippen LogP contribution is 2.18. The van der Waals surface area contributed by atoms with Gasteiger partial charge in [0, 0.05) is 16.5 Å². The molecule has 0 spiro atoms. The molecular weight excluding hydrogens is 314 g/mol. The van der Waals surface area contributed by atoms with Gasteiger partial charge in [-0.15, -0.1) is 0 Å². The molecule has 0 aromatic heterocycles. The number of benzene rings is 2. The lowest BCUT2D eigenvalue weighted by molar-refractivity contribution is 0.0992. The molecule has 0 aliphatic rings. The minimum atomic E-state index is -0.464. The molecular formula is C15H11BrF2O. The summed E-state index contributed by atoms with van der Waals surface area (Å²) in [5, 5.41) is 0.